The number of amides is 1. The number of nitrogens with one attached hydrogen (secondary N) is 1. The highest BCUT2D eigenvalue weighted by atomic mass is 32.2. The van der Waals surface area contributed by atoms with Gasteiger partial charge in [-0.2, -0.15) is 0 Å². The van der Waals surface area contributed by atoms with Gasteiger partial charge < -0.3 is 9.88 Å². The average Bonchev–Trinajstić information content (AvgIpc) is 3.32. The summed E-state index contributed by atoms with van der Waals surface area (Å²) in [6, 6.07) is 3.46. The first-order valence-corrected chi connectivity index (χ1v) is 8.73. The number of carbonyl (C=O) groups excluding carboxylic acids is 1. The number of halogens is 2. The lowest BCUT2D eigenvalue weighted by atomic mass is 10.3. The van der Waals surface area contributed by atoms with Gasteiger partial charge in [-0.25, -0.2) is 8.78 Å². The number of hydrogen-bond acceptors (Lipinski definition) is 4. The predicted molar refractivity (Wildman–Crippen MR) is 88.0 cm³/mol. The molecule has 0 saturated heterocycles. The lowest BCUT2D eigenvalue weighted by Crippen LogP contribution is -2.24. The molecule has 1 fully saturated rings. The highest BCUT2D eigenvalue weighted by molar-refractivity contribution is 8.00. The smallest absolute Gasteiger partial charge is 0.237 e. The van der Waals surface area contributed by atoms with Crippen molar-refractivity contribution in [2.24, 2.45) is 0 Å². The van der Waals surface area contributed by atoms with Gasteiger partial charge in [-0.15, -0.1) is 10.2 Å². The number of hydrogen-bond donors (Lipinski definition) is 1. The standard InChI is InChI=1S/C16H18F2N4OS/c1-3-22-14(10-7-8-10)20-21-16(22)24-9(2)15(23)19-13-11(17)5-4-6-12(13)18/h4-6,9-10H,3,7-8H2,1-2H3,(H,19,23). The molecule has 8 heteroatoms. The summed E-state index contributed by atoms with van der Waals surface area (Å²) in [6.07, 6.45) is 2.23. The van der Waals surface area contributed by atoms with E-state index in [4.69, 9.17) is 0 Å². The zero-order chi connectivity index (χ0) is 17.3. The maximum atomic E-state index is 13.6. The van der Waals surface area contributed by atoms with Crippen LogP contribution in [0, 0.1) is 11.6 Å². The summed E-state index contributed by atoms with van der Waals surface area (Å²) in [7, 11) is 0. The highest BCUT2D eigenvalue weighted by Crippen LogP contribution is 2.40. The summed E-state index contributed by atoms with van der Waals surface area (Å²) in [6.45, 7) is 4.39. The first kappa shape index (κ1) is 16.9. The maximum absolute atomic E-state index is 13.6. The van der Waals surface area contributed by atoms with Gasteiger partial charge in [0.25, 0.3) is 0 Å². The van der Waals surface area contributed by atoms with Crippen molar-refractivity contribution in [3.8, 4) is 0 Å². The van der Waals surface area contributed by atoms with Crippen LogP contribution < -0.4 is 5.32 Å². The Balaban J connectivity index is 1.70. The fourth-order valence-electron chi connectivity index (χ4n) is 2.38. The number of rotatable bonds is 6. The maximum Gasteiger partial charge on any atom is 0.237 e. The Morgan fingerprint density at radius 3 is 2.62 bits per heavy atom. The van der Waals surface area contributed by atoms with Crippen molar-refractivity contribution >= 4 is 23.4 Å². The SMILES string of the molecule is CCn1c(SC(C)C(=O)Nc2c(F)cccc2F)nnc1C1CC1. The Hall–Kier alpha value is -1.96. The first-order valence-electron chi connectivity index (χ1n) is 7.85. The molecule has 0 aliphatic heterocycles. The third kappa shape index (κ3) is 3.43. The normalized spacial score (nSPS) is 15.3. The van der Waals surface area contributed by atoms with Crippen molar-refractivity contribution in [1.82, 2.24) is 14.8 Å². The Morgan fingerprint density at radius 2 is 2.04 bits per heavy atom. The van der Waals surface area contributed by atoms with Crippen LogP contribution in [0.3, 0.4) is 0 Å². The number of anilines is 1. The molecule has 1 heterocycles. The summed E-state index contributed by atoms with van der Waals surface area (Å²) < 4.78 is 29.3. The molecule has 1 aromatic carbocycles. The van der Waals surface area contributed by atoms with Gasteiger partial charge in [-0.3, -0.25) is 4.79 Å². The van der Waals surface area contributed by atoms with E-state index < -0.39 is 28.5 Å². The number of aromatic nitrogens is 3. The second-order valence-corrected chi connectivity index (χ2v) is 7.01. The van der Waals surface area contributed by atoms with Crippen molar-refractivity contribution in [2.45, 2.75) is 49.6 Å². The molecular weight excluding hydrogens is 334 g/mol. The molecule has 1 aromatic heterocycles. The largest absolute Gasteiger partial charge is 0.320 e. The van der Waals surface area contributed by atoms with Gasteiger partial charge in [-0.05, 0) is 38.8 Å². The summed E-state index contributed by atoms with van der Waals surface area (Å²) in [5, 5.41) is 10.8. The Kier molecular flexibility index (Phi) is 4.84. The van der Waals surface area contributed by atoms with Crippen molar-refractivity contribution in [1.29, 1.82) is 0 Å². The minimum Gasteiger partial charge on any atom is -0.320 e. The molecule has 1 amide bonds. The quantitative estimate of drug-likeness (QED) is 0.808. The molecule has 1 saturated carbocycles. The van der Waals surface area contributed by atoms with E-state index in [2.05, 4.69) is 15.5 Å². The summed E-state index contributed by atoms with van der Waals surface area (Å²) in [5.41, 5.74) is -0.425. The third-order valence-electron chi connectivity index (χ3n) is 3.87. The van der Waals surface area contributed by atoms with E-state index in [1.807, 2.05) is 11.5 Å². The molecule has 0 bridgehead atoms. The van der Waals surface area contributed by atoms with Gasteiger partial charge in [0, 0.05) is 12.5 Å². The van der Waals surface area contributed by atoms with Crippen LogP contribution >= 0.6 is 11.8 Å². The Labute approximate surface area is 142 Å². The van der Waals surface area contributed by atoms with E-state index in [1.54, 1.807) is 6.92 Å². The molecular formula is C16H18F2N4OS. The van der Waals surface area contributed by atoms with Crippen LogP contribution in [-0.4, -0.2) is 25.9 Å². The zero-order valence-electron chi connectivity index (χ0n) is 13.4. The van der Waals surface area contributed by atoms with Gasteiger partial charge in [0.2, 0.25) is 5.91 Å². The topological polar surface area (TPSA) is 59.8 Å². The molecule has 24 heavy (non-hydrogen) atoms. The van der Waals surface area contributed by atoms with Crippen LogP contribution in [0.1, 0.15) is 38.4 Å². The average molecular weight is 352 g/mol. The molecule has 3 rings (SSSR count). The lowest BCUT2D eigenvalue weighted by Gasteiger charge is -2.13. The van der Waals surface area contributed by atoms with E-state index >= 15 is 0 Å². The fraction of sp³-hybridized carbons (Fsp3) is 0.438. The molecule has 1 aliphatic carbocycles. The molecule has 5 nitrogen and oxygen atoms in total. The molecule has 0 spiro atoms. The Bertz CT molecular complexity index is 740. The zero-order valence-corrected chi connectivity index (χ0v) is 14.2. The summed E-state index contributed by atoms with van der Waals surface area (Å²) in [5.74, 6) is -0.666. The van der Waals surface area contributed by atoms with Crippen LogP contribution in [0.5, 0.6) is 0 Å². The molecule has 0 radical (unpaired) electrons. The van der Waals surface area contributed by atoms with E-state index in [0.717, 1.165) is 37.3 Å². The second kappa shape index (κ2) is 6.88. The molecule has 1 unspecified atom stereocenters. The van der Waals surface area contributed by atoms with Gasteiger partial charge in [-0.1, -0.05) is 17.8 Å². The molecule has 1 atom stereocenters. The first-order chi connectivity index (χ1) is 11.5. The van der Waals surface area contributed by atoms with Crippen LogP contribution in [0.15, 0.2) is 23.4 Å². The fourth-order valence-corrected chi connectivity index (χ4v) is 3.30. The summed E-state index contributed by atoms with van der Waals surface area (Å²) >= 11 is 1.23. The number of thioether (sulfide) groups is 1. The molecule has 2 aromatic rings. The highest BCUT2D eigenvalue weighted by Gasteiger charge is 2.31. The van der Waals surface area contributed by atoms with E-state index in [0.29, 0.717) is 11.1 Å². The van der Waals surface area contributed by atoms with Gasteiger partial charge >= 0.3 is 0 Å². The van der Waals surface area contributed by atoms with Gasteiger partial charge in [0.1, 0.15) is 23.1 Å². The number of nitrogens with zero attached hydrogens (tertiary/aromatic N) is 3. The van der Waals surface area contributed by atoms with Crippen LogP contribution in [0.4, 0.5) is 14.5 Å². The van der Waals surface area contributed by atoms with Crippen LogP contribution in [0.2, 0.25) is 0 Å². The van der Waals surface area contributed by atoms with Gasteiger partial charge in [0.15, 0.2) is 5.16 Å². The molecule has 1 N–H and O–H groups in total. The predicted octanol–water partition coefficient (Wildman–Crippen LogP) is 3.57. The van der Waals surface area contributed by atoms with Crippen molar-refractivity contribution in [3.05, 3.63) is 35.7 Å². The van der Waals surface area contributed by atoms with Crippen LogP contribution in [0.25, 0.3) is 0 Å². The van der Waals surface area contributed by atoms with Crippen molar-refractivity contribution in [2.75, 3.05) is 5.32 Å². The number of benzene rings is 1. The second-order valence-electron chi connectivity index (χ2n) is 5.71. The molecule has 128 valence electrons. The van der Waals surface area contributed by atoms with Gasteiger partial charge in [0.05, 0.1) is 5.25 Å². The van der Waals surface area contributed by atoms with E-state index in [1.165, 1.54) is 17.8 Å². The van der Waals surface area contributed by atoms with Crippen LogP contribution in [-0.2, 0) is 11.3 Å². The van der Waals surface area contributed by atoms with E-state index in [9.17, 15) is 13.6 Å². The lowest BCUT2D eigenvalue weighted by molar-refractivity contribution is -0.115. The summed E-state index contributed by atoms with van der Waals surface area (Å²) in [4.78, 5) is 12.3. The van der Waals surface area contributed by atoms with Crippen molar-refractivity contribution in [3.63, 3.8) is 0 Å². The van der Waals surface area contributed by atoms with Crippen molar-refractivity contribution < 1.29 is 13.6 Å². The monoisotopic (exact) mass is 352 g/mol. The number of carbonyl (C=O) groups is 1. The number of para-hydroxylation sites is 1. The Morgan fingerprint density at radius 1 is 1.38 bits per heavy atom. The van der Waals surface area contributed by atoms with E-state index in [-0.39, 0.29) is 0 Å². The molecule has 1 aliphatic rings. The minimum absolute atomic E-state index is 0.425. The minimum atomic E-state index is -0.798. The third-order valence-corrected chi connectivity index (χ3v) is 4.95.